The number of nitrogens with zero attached hydrogens (tertiary/aromatic N) is 1. The maximum atomic E-state index is 11.9. The first-order valence-corrected chi connectivity index (χ1v) is 8.54. The first-order valence-electron chi connectivity index (χ1n) is 7.75. The van der Waals surface area contributed by atoms with Crippen LogP contribution in [-0.4, -0.2) is 37.4 Å². The molecule has 2 aromatic carbocycles. The van der Waals surface area contributed by atoms with Crippen molar-refractivity contribution in [3.05, 3.63) is 46.4 Å². The molecule has 0 aromatic heterocycles. The maximum Gasteiger partial charge on any atom is 0.249 e. The van der Waals surface area contributed by atoms with Crippen LogP contribution < -0.4 is 20.2 Å². The van der Waals surface area contributed by atoms with Gasteiger partial charge in [0.1, 0.15) is 12.2 Å². The number of benzene rings is 2. The zero-order chi connectivity index (χ0) is 19.8. The molecular formula is C18H18BrN3O5. The molecule has 0 unspecified atom stereocenters. The van der Waals surface area contributed by atoms with E-state index >= 15 is 0 Å². The second-order valence-corrected chi connectivity index (χ2v) is 6.21. The second-order valence-electron chi connectivity index (χ2n) is 5.30. The van der Waals surface area contributed by atoms with Crippen LogP contribution in [0.15, 0.2) is 46.0 Å². The number of halogens is 1. The summed E-state index contributed by atoms with van der Waals surface area (Å²) in [7, 11) is 2.94. The minimum atomic E-state index is -0.604. The van der Waals surface area contributed by atoms with Gasteiger partial charge in [-0.15, -0.1) is 0 Å². The van der Waals surface area contributed by atoms with Crippen molar-refractivity contribution in [3.8, 4) is 17.2 Å². The summed E-state index contributed by atoms with van der Waals surface area (Å²) in [4.78, 5) is 23.7. The van der Waals surface area contributed by atoms with Crippen LogP contribution >= 0.6 is 15.9 Å². The Labute approximate surface area is 164 Å². The number of methoxy groups -OCH3 is 2. The van der Waals surface area contributed by atoms with E-state index in [1.807, 2.05) is 0 Å². The Morgan fingerprint density at radius 3 is 2.67 bits per heavy atom. The summed E-state index contributed by atoms with van der Waals surface area (Å²) < 4.78 is 10.8. The van der Waals surface area contributed by atoms with E-state index in [4.69, 9.17) is 9.47 Å². The second kappa shape index (κ2) is 9.58. The van der Waals surface area contributed by atoms with Gasteiger partial charge in [-0.25, -0.2) is 5.43 Å². The topological polar surface area (TPSA) is 109 Å². The third-order valence-corrected chi connectivity index (χ3v) is 3.81. The van der Waals surface area contributed by atoms with Gasteiger partial charge in [-0.2, -0.15) is 5.10 Å². The smallest absolute Gasteiger partial charge is 0.249 e. The number of aromatic hydroxyl groups is 1. The van der Waals surface area contributed by atoms with Gasteiger partial charge < -0.3 is 19.9 Å². The standard InChI is InChI=1S/C18H18BrN3O5/c1-26-14-5-3-4-13(8-14)21-16(23)9-17(24)22-20-10-11-6-12(19)7-15(27-2)18(11)25/h3-8,10,25H,9H2,1-2H3,(H,21,23)(H,22,24). The summed E-state index contributed by atoms with van der Waals surface area (Å²) in [6, 6.07) is 9.97. The van der Waals surface area contributed by atoms with E-state index in [1.54, 1.807) is 36.4 Å². The largest absolute Gasteiger partial charge is 0.504 e. The van der Waals surface area contributed by atoms with Crippen LogP contribution in [0.2, 0.25) is 0 Å². The zero-order valence-electron chi connectivity index (χ0n) is 14.7. The number of hydrogen-bond donors (Lipinski definition) is 3. The van der Waals surface area contributed by atoms with Crippen LogP contribution in [0.4, 0.5) is 5.69 Å². The zero-order valence-corrected chi connectivity index (χ0v) is 16.2. The summed E-state index contributed by atoms with van der Waals surface area (Å²) in [6.07, 6.45) is 0.836. The van der Waals surface area contributed by atoms with Gasteiger partial charge in [-0.3, -0.25) is 9.59 Å². The summed E-state index contributed by atoms with van der Waals surface area (Å²) in [5.41, 5.74) is 3.08. The Kier molecular flexibility index (Phi) is 7.18. The molecule has 0 bridgehead atoms. The molecule has 0 aliphatic carbocycles. The van der Waals surface area contributed by atoms with Crippen molar-refractivity contribution in [3.63, 3.8) is 0 Å². The van der Waals surface area contributed by atoms with Crippen molar-refractivity contribution in [2.75, 3.05) is 19.5 Å². The van der Waals surface area contributed by atoms with Gasteiger partial charge in [-0.05, 0) is 24.3 Å². The van der Waals surface area contributed by atoms with Crippen LogP contribution in [0, 0.1) is 0 Å². The molecule has 142 valence electrons. The van der Waals surface area contributed by atoms with E-state index in [0.29, 0.717) is 21.5 Å². The Balaban J connectivity index is 1.91. The molecule has 0 aliphatic heterocycles. The van der Waals surface area contributed by atoms with E-state index in [1.165, 1.54) is 20.4 Å². The van der Waals surface area contributed by atoms with Gasteiger partial charge in [0.25, 0.3) is 0 Å². The third-order valence-electron chi connectivity index (χ3n) is 3.36. The monoisotopic (exact) mass is 435 g/mol. The lowest BCUT2D eigenvalue weighted by molar-refractivity contribution is -0.126. The van der Waals surface area contributed by atoms with E-state index in [9.17, 15) is 14.7 Å². The molecule has 0 aliphatic rings. The van der Waals surface area contributed by atoms with E-state index in [-0.39, 0.29) is 11.5 Å². The number of amides is 2. The fraction of sp³-hybridized carbons (Fsp3) is 0.167. The van der Waals surface area contributed by atoms with E-state index in [0.717, 1.165) is 0 Å². The molecule has 8 nitrogen and oxygen atoms in total. The number of hydrazone groups is 1. The van der Waals surface area contributed by atoms with Crippen LogP contribution in [0.1, 0.15) is 12.0 Å². The predicted octanol–water partition coefficient (Wildman–Crippen LogP) is 2.65. The quantitative estimate of drug-likeness (QED) is 0.351. The van der Waals surface area contributed by atoms with Crippen LogP contribution in [0.3, 0.4) is 0 Å². The molecule has 0 spiro atoms. The summed E-state index contributed by atoms with van der Waals surface area (Å²) >= 11 is 3.28. The fourth-order valence-electron chi connectivity index (χ4n) is 2.11. The predicted molar refractivity (Wildman–Crippen MR) is 104 cm³/mol. The number of ether oxygens (including phenoxy) is 2. The highest BCUT2D eigenvalue weighted by Crippen LogP contribution is 2.32. The molecule has 0 radical (unpaired) electrons. The van der Waals surface area contributed by atoms with Crippen LogP contribution in [0.5, 0.6) is 17.2 Å². The molecule has 2 rings (SSSR count). The molecule has 9 heteroatoms. The molecule has 27 heavy (non-hydrogen) atoms. The number of anilines is 1. The molecule has 0 saturated heterocycles. The third kappa shape index (κ3) is 6.00. The Bertz CT molecular complexity index is 870. The van der Waals surface area contributed by atoms with Crippen molar-refractivity contribution < 1.29 is 24.2 Å². The van der Waals surface area contributed by atoms with Gasteiger partial charge in [0.05, 0.1) is 20.4 Å². The first-order chi connectivity index (χ1) is 12.9. The minimum absolute atomic E-state index is 0.116. The first kappa shape index (κ1) is 20.2. The van der Waals surface area contributed by atoms with Crippen molar-refractivity contribution in [1.82, 2.24) is 5.43 Å². The minimum Gasteiger partial charge on any atom is -0.504 e. The molecule has 0 fully saturated rings. The summed E-state index contributed by atoms with van der Waals surface area (Å²) in [5, 5.41) is 16.3. The Hall–Kier alpha value is -3.07. The highest BCUT2D eigenvalue weighted by atomic mass is 79.9. The van der Waals surface area contributed by atoms with Gasteiger partial charge >= 0.3 is 0 Å². The van der Waals surface area contributed by atoms with Gasteiger partial charge in [0, 0.05) is 21.8 Å². The number of nitrogens with one attached hydrogen (secondary N) is 2. The van der Waals surface area contributed by atoms with Crippen LogP contribution in [-0.2, 0) is 9.59 Å². The summed E-state index contributed by atoms with van der Waals surface area (Å²) in [5.74, 6) is -0.369. The number of phenolic OH excluding ortho intramolecular Hbond substituents is 1. The van der Waals surface area contributed by atoms with Crippen molar-refractivity contribution >= 4 is 39.6 Å². The lowest BCUT2D eigenvalue weighted by atomic mass is 10.2. The van der Waals surface area contributed by atoms with Gasteiger partial charge in [0.2, 0.25) is 11.8 Å². The number of phenols is 1. The number of rotatable bonds is 7. The SMILES string of the molecule is COc1cccc(NC(=O)CC(=O)NN=Cc2cc(Br)cc(OC)c2O)c1. The Morgan fingerprint density at radius 2 is 1.96 bits per heavy atom. The van der Waals surface area contributed by atoms with E-state index in [2.05, 4.69) is 31.8 Å². The lowest BCUT2D eigenvalue weighted by Gasteiger charge is -2.07. The van der Waals surface area contributed by atoms with Crippen molar-refractivity contribution in [2.24, 2.45) is 5.10 Å². The van der Waals surface area contributed by atoms with Crippen molar-refractivity contribution in [2.45, 2.75) is 6.42 Å². The molecule has 2 amide bonds. The van der Waals surface area contributed by atoms with Gasteiger partial charge in [0.15, 0.2) is 11.5 Å². The highest BCUT2D eigenvalue weighted by molar-refractivity contribution is 9.10. The molecule has 0 atom stereocenters. The number of carbonyl (C=O) groups is 2. The lowest BCUT2D eigenvalue weighted by Crippen LogP contribution is -2.24. The molecule has 3 N–H and O–H groups in total. The average Bonchev–Trinajstić information content (AvgIpc) is 2.64. The Morgan fingerprint density at radius 1 is 1.19 bits per heavy atom. The molecule has 0 saturated carbocycles. The normalized spacial score (nSPS) is 10.5. The van der Waals surface area contributed by atoms with Gasteiger partial charge in [-0.1, -0.05) is 22.0 Å². The van der Waals surface area contributed by atoms with E-state index < -0.39 is 18.2 Å². The number of carbonyl (C=O) groups excluding carboxylic acids is 2. The van der Waals surface area contributed by atoms with Crippen molar-refractivity contribution in [1.29, 1.82) is 0 Å². The maximum absolute atomic E-state index is 11.9. The number of hydrogen-bond acceptors (Lipinski definition) is 6. The fourth-order valence-corrected chi connectivity index (χ4v) is 2.57. The summed E-state index contributed by atoms with van der Waals surface area (Å²) in [6.45, 7) is 0. The molecule has 2 aromatic rings. The van der Waals surface area contributed by atoms with Crippen LogP contribution in [0.25, 0.3) is 0 Å². The average molecular weight is 436 g/mol. The molecular weight excluding hydrogens is 418 g/mol. The highest BCUT2D eigenvalue weighted by Gasteiger charge is 2.11. The molecule has 0 heterocycles.